The van der Waals surface area contributed by atoms with Crippen molar-refractivity contribution in [3.8, 4) is 34.0 Å². The predicted molar refractivity (Wildman–Crippen MR) is 178 cm³/mol. The smallest absolute Gasteiger partial charge is 0.152 e. The summed E-state index contributed by atoms with van der Waals surface area (Å²) >= 11 is 0. The Hall–Kier alpha value is -5.80. The quantitative estimate of drug-likeness (QED) is 0.210. The highest BCUT2D eigenvalue weighted by atomic mass is 16.5. The molecule has 43 heavy (non-hydrogen) atoms. The Labute approximate surface area is 247 Å². The topological polar surface area (TPSA) is 19.1 Å². The van der Waals surface area contributed by atoms with Gasteiger partial charge in [-0.25, -0.2) is 0 Å². The molecule has 0 amide bonds. The van der Waals surface area contributed by atoms with Crippen molar-refractivity contribution in [2.75, 3.05) is 0 Å². The number of benzene rings is 7. The summed E-state index contributed by atoms with van der Waals surface area (Å²) in [5, 5.41) is 7.40. The second-order valence-electron chi connectivity index (χ2n) is 11.3. The fourth-order valence-electron chi connectivity index (χ4n) is 7.37. The number of hydrogen-bond donors (Lipinski definition) is 0. The fourth-order valence-corrected chi connectivity index (χ4v) is 7.37. The van der Waals surface area contributed by atoms with Gasteiger partial charge in [0.15, 0.2) is 11.5 Å². The number of para-hydroxylation sites is 5. The lowest BCUT2D eigenvalue weighted by molar-refractivity contribution is 0.477. The molecule has 0 fully saturated rings. The molecule has 2 aromatic heterocycles. The summed E-state index contributed by atoms with van der Waals surface area (Å²) in [6.45, 7) is 0. The molecule has 3 nitrogen and oxygen atoms in total. The van der Waals surface area contributed by atoms with Crippen molar-refractivity contribution in [2.24, 2.45) is 0 Å². The lowest BCUT2D eigenvalue weighted by Crippen LogP contribution is -2.06. The Morgan fingerprint density at radius 1 is 0.349 bits per heavy atom. The van der Waals surface area contributed by atoms with Crippen LogP contribution in [0.1, 0.15) is 0 Å². The van der Waals surface area contributed by atoms with Gasteiger partial charge in [-0.1, -0.05) is 109 Å². The normalized spacial score (nSPS) is 12.4. The first kappa shape index (κ1) is 22.8. The van der Waals surface area contributed by atoms with Crippen molar-refractivity contribution in [2.45, 2.75) is 0 Å². The van der Waals surface area contributed by atoms with Gasteiger partial charge < -0.3 is 13.9 Å². The first-order chi connectivity index (χ1) is 21.4. The van der Waals surface area contributed by atoms with Crippen LogP contribution < -0.4 is 4.74 Å². The highest BCUT2D eigenvalue weighted by molar-refractivity contribution is 6.14. The fraction of sp³-hybridized carbons (Fsp3) is 0. The Kier molecular flexibility index (Phi) is 4.45. The number of hydrogen-bond acceptors (Lipinski definition) is 1. The molecule has 3 heteroatoms. The van der Waals surface area contributed by atoms with E-state index >= 15 is 0 Å². The van der Waals surface area contributed by atoms with E-state index in [1.807, 2.05) is 0 Å². The first-order valence-electron chi connectivity index (χ1n) is 14.7. The Morgan fingerprint density at radius 3 is 1.60 bits per heavy atom. The van der Waals surface area contributed by atoms with E-state index in [2.05, 4.69) is 155 Å². The van der Waals surface area contributed by atoms with E-state index < -0.39 is 0 Å². The minimum atomic E-state index is 0.870. The van der Waals surface area contributed by atoms with Crippen molar-refractivity contribution in [1.29, 1.82) is 0 Å². The van der Waals surface area contributed by atoms with E-state index in [9.17, 15) is 0 Å². The molecule has 0 spiro atoms. The predicted octanol–water partition coefficient (Wildman–Crippen LogP) is 10.8. The lowest BCUT2D eigenvalue weighted by atomic mass is 9.95. The molecular formula is C40H24N2O. The van der Waals surface area contributed by atoms with E-state index in [1.54, 1.807) is 0 Å². The number of nitrogens with zero attached hydrogens (tertiary/aromatic N) is 2. The van der Waals surface area contributed by atoms with Crippen LogP contribution in [0.2, 0.25) is 0 Å². The molecule has 0 aliphatic carbocycles. The van der Waals surface area contributed by atoms with Crippen LogP contribution in [0.4, 0.5) is 0 Å². The van der Waals surface area contributed by atoms with Gasteiger partial charge in [-0.15, -0.1) is 0 Å². The van der Waals surface area contributed by atoms with Crippen LogP contribution in [0.15, 0.2) is 146 Å². The summed E-state index contributed by atoms with van der Waals surface area (Å²) in [5.74, 6) is 1.76. The van der Waals surface area contributed by atoms with E-state index in [1.165, 1.54) is 60.1 Å². The monoisotopic (exact) mass is 548 g/mol. The van der Waals surface area contributed by atoms with Gasteiger partial charge in [0.2, 0.25) is 0 Å². The molecule has 1 aliphatic heterocycles. The van der Waals surface area contributed by atoms with E-state index in [4.69, 9.17) is 4.74 Å². The minimum Gasteiger partial charge on any atom is -0.453 e. The largest absolute Gasteiger partial charge is 0.453 e. The van der Waals surface area contributed by atoms with E-state index in [-0.39, 0.29) is 0 Å². The van der Waals surface area contributed by atoms with Crippen LogP contribution in [0, 0.1) is 0 Å². The van der Waals surface area contributed by atoms with Gasteiger partial charge in [-0.2, -0.15) is 0 Å². The molecule has 0 bridgehead atoms. The number of fused-ring (bicyclic) bond motifs is 9. The second-order valence-corrected chi connectivity index (χ2v) is 11.3. The highest BCUT2D eigenvalue weighted by Crippen LogP contribution is 2.49. The first-order valence-corrected chi connectivity index (χ1v) is 14.7. The molecule has 10 rings (SSSR count). The van der Waals surface area contributed by atoms with Crippen LogP contribution in [0.5, 0.6) is 11.5 Å². The van der Waals surface area contributed by atoms with Crippen LogP contribution in [-0.2, 0) is 0 Å². The van der Waals surface area contributed by atoms with Crippen molar-refractivity contribution < 1.29 is 4.74 Å². The minimum absolute atomic E-state index is 0.870. The molecule has 7 aromatic carbocycles. The zero-order valence-corrected chi connectivity index (χ0v) is 23.2. The molecule has 0 radical (unpaired) electrons. The maximum Gasteiger partial charge on any atom is 0.152 e. The van der Waals surface area contributed by atoms with E-state index in [0.717, 1.165) is 28.3 Å². The van der Waals surface area contributed by atoms with Gasteiger partial charge >= 0.3 is 0 Å². The third kappa shape index (κ3) is 2.98. The van der Waals surface area contributed by atoms with Crippen LogP contribution in [0.25, 0.3) is 76.9 Å². The molecule has 0 saturated carbocycles. The summed E-state index contributed by atoms with van der Waals surface area (Å²) in [6, 6.07) is 52.2. The van der Waals surface area contributed by atoms with Gasteiger partial charge in [-0.3, -0.25) is 0 Å². The third-order valence-electron chi connectivity index (χ3n) is 9.11. The maximum absolute atomic E-state index is 6.61. The number of rotatable bonds is 2. The van der Waals surface area contributed by atoms with Gasteiger partial charge in [0, 0.05) is 32.5 Å². The molecule has 0 unspecified atom stereocenters. The van der Waals surface area contributed by atoms with Crippen LogP contribution >= 0.6 is 0 Å². The van der Waals surface area contributed by atoms with Crippen molar-refractivity contribution >= 4 is 54.4 Å². The molecule has 0 saturated heterocycles. The van der Waals surface area contributed by atoms with Crippen molar-refractivity contribution in [3.05, 3.63) is 146 Å². The number of ether oxygens (including phenoxy) is 1. The SMILES string of the molecule is c1cc2c(c(-c3ccc(-n4c5ccccc5c5ccccc54)c4ccccc34)c1)-n1c3ccccc3c3cccc(c31)O2. The number of aromatic nitrogens is 2. The molecular weight excluding hydrogens is 524 g/mol. The average molecular weight is 549 g/mol. The van der Waals surface area contributed by atoms with E-state index in [0.29, 0.717) is 0 Å². The Balaban J connectivity index is 1.29. The van der Waals surface area contributed by atoms with Crippen molar-refractivity contribution in [1.82, 2.24) is 9.13 Å². The molecule has 0 N–H and O–H groups in total. The summed E-state index contributed by atoms with van der Waals surface area (Å²) in [4.78, 5) is 0. The second kappa shape index (κ2) is 8.37. The summed E-state index contributed by atoms with van der Waals surface area (Å²) < 4.78 is 11.4. The standard InChI is InChI=1S/C40H24N2O/c1-2-12-27-25(11-1)26(23-24-36(27)41-33-18-6-3-13-28(33)29-14-4-7-19-34(29)41)31-16-9-21-37-39(31)42-35-20-8-5-15-30(35)32-17-10-22-38(43-37)40(32)42/h1-24H. The Bertz CT molecular complexity index is 2550. The van der Waals surface area contributed by atoms with Gasteiger partial charge in [0.1, 0.15) is 0 Å². The van der Waals surface area contributed by atoms with Crippen molar-refractivity contribution in [3.63, 3.8) is 0 Å². The molecule has 0 atom stereocenters. The molecule has 3 heterocycles. The zero-order chi connectivity index (χ0) is 28.1. The Morgan fingerprint density at radius 2 is 0.884 bits per heavy atom. The van der Waals surface area contributed by atoms with Crippen LogP contribution in [0.3, 0.4) is 0 Å². The van der Waals surface area contributed by atoms with Gasteiger partial charge in [-0.05, 0) is 47.3 Å². The average Bonchev–Trinajstić information content (AvgIpc) is 3.59. The molecule has 9 aromatic rings. The zero-order valence-electron chi connectivity index (χ0n) is 23.2. The summed E-state index contributed by atoms with van der Waals surface area (Å²) in [5.41, 5.74) is 9.34. The molecule has 200 valence electrons. The lowest BCUT2D eigenvalue weighted by Gasteiger charge is -2.24. The summed E-state index contributed by atoms with van der Waals surface area (Å²) in [6.07, 6.45) is 0. The highest BCUT2D eigenvalue weighted by Gasteiger charge is 2.27. The van der Waals surface area contributed by atoms with Crippen LogP contribution in [-0.4, -0.2) is 9.13 Å². The van der Waals surface area contributed by atoms with Gasteiger partial charge in [0.25, 0.3) is 0 Å². The van der Waals surface area contributed by atoms with Gasteiger partial charge in [0.05, 0.1) is 33.4 Å². The third-order valence-corrected chi connectivity index (χ3v) is 9.11. The molecule has 1 aliphatic rings. The maximum atomic E-state index is 6.61. The summed E-state index contributed by atoms with van der Waals surface area (Å²) in [7, 11) is 0.